The van der Waals surface area contributed by atoms with E-state index in [2.05, 4.69) is 12.1 Å². The summed E-state index contributed by atoms with van der Waals surface area (Å²) < 4.78 is 5.95. The second-order valence-corrected chi connectivity index (χ2v) is 5.75. The molecule has 0 aliphatic carbocycles. The fourth-order valence-corrected chi connectivity index (χ4v) is 2.71. The maximum atomic E-state index is 6.23. The van der Waals surface area contributed by atoms with Crippen molar-refractivity contribution in [1.82, 2.24) is 0 Å². The molecule has 0 saturated carbocycles. The normalized spacial score (nSPS) is 10.7. The van der Waals surface area contributed by atoms with Crippen molar-refractivity contribution in [3.8, 4) is 5.75 Å². The number of alkyl halides is 1. The molecule has 0 unspecified atom stereocenters. The second-order valence-electron chi connectivity index (χ2n) is 5.08. The van der Waals surface area contributed by atoms with Crippen LogP contribution in [0.4, 0.5) is 0 Å². The van der Waals surface area contributed by atoms with Crippen molar-refractivity contribution in [2.45, 2.75) is 33.3 Å². The van der Waals surface area contributed by atoms with Gasteiger partial charge in [-0.2, -0.15) is 0 Å². The first-order chi connectivity index (χ1) is 9.51. The summed E-state index contributed by atoms with van der Waals surface area (Å²) in [6, 6.07) is 10.1. The van der Waals surface area contributed by atoms with Crippen LogP contribution in [0.5, 0.6) is 5.75 Å². The number of hydrogen-bond acceptors (Lipinski definition) is 1. The van der Waals surface area contributed by atoms with Crippen LogP contribution in [-0.2, 0) is 12.5 Å². The fraction of sp³-hybridized carbons (Fsp3) is 0.294. The number of rotatable bonds is 4. The van der Waals surface area contributed by atoms with E-state index in [-0.39, 0.29) is 0 Å². The lowest BCUT2D eigenvalue weighted by molar-refractivity contribution is 0.302. The van der Waals surface area contributed by atoms with Gasteiger partial charge in [0.05, 0.1) is 0 Å². The van der Waals surface area contributed by atoms with E-state index in [0.717, 1.165) is 38.6 Å². The van der Waals surface area contributed by atoms with Crippen LogP contribution < -0.4 is 4.74 Å². The van der Waals surface area contributed by atoms with Gasteiger partial charge >= 0.3 is 0 Å². The molecule has 0 saturated heterocycles. The molecule has 0 spiro atoms. The molecule has 0 bridgehead atoms. The zero-order valence-corrected chi connectivity index (χ0v) is 13.5. The van der Waals surface area contributed by atoms with Crippen LogP contribution in [0.1, 0.15) is 27.8 Å². The quantitative estimate of drug-likeness (QED) is 0.670. The van der Waals surface area contributed by atoms with Crippen LogP contribution in [0.2, 0.25) is 5.02 Å². The molecule has 20 heavy (non-hydrogen) atoms. The van der Waals surface area contributed by atoms with E-state index in [1.807, 2.05) is 39.0 Å². The van der Waals surface area contributed by atoms with Gasteiger partial charge in [-0.05, 0) is 49.1 Å². The highest BCUT2D eigenvalue weighted by Gasteiger charge is 2.08. The van der Waals surface area contributed by atoms with Gasteiger partial charge in [0.1, 0.15) is 12.4 Å². The lowest BCUT2D eigenvalue weighted by Crippen LogP contribution is -2.00. The minimum absolute atomic E-state index is 0.473. The molecule has 0 fully saturated rings. The molecule has 0 N–H and O–H groups in total. The second kappa shape index (κ2) is 6.51. The summed E-state index contributed by atoms with van der Waals surface area (Å²) in [6.07, 6.45) is 0. The predicted octanol–water partition coefficient (Wildman–Crippen LogP) is 5.58. The molecule has 1 nitrogen and oxygen atoms in total. The molecule has 0 atom stereocenters. The molecule has 0 aliphatic rings. The lowest BCUT2D eigenvalue weighted by atomic mass is 10.1. The van der Waals surface area contributed by atoms with E-state index < -0.39 is 0 Å². The molecule has 0 aromatic heterocycles. The highest BCUT2D eigenvalue weighted by atomic mass is 35.5. The molecule has 0 amide bonds. The first-order valence-corrected chi connectivity index (χ1v) is 7.46. The zero-order chi connectivity index (χ0) is 14.7. The third kappa shape index (κ3) is 3.47. The smallest absolute Gasteiger partial charge is 0.125 e. The van der Waals surface area contributed by atoms with E-state index >= 15 is 0 Å². The minimum atomic E-state index is 0.473. The molecule has 0 radical (unpaired) electrons. The number of halogens is 2. The van der Waals surface area contributed by atoms with Gasteiger partial charge in [-0.1, -0.05) is 35.9 Å². The Morgan fingerprint density at radius 2 is 1.65 bits per heavy atom. The monoisotopic (exact) mass is 308 g/mol. The molecule has 2 rings (SSSR count). The average molecular weight is 309 g/mol. The SMILES string of the molecule is Cc1ccc(COc2c(C)cc(CCl)cc2C)c(Cl)c1. The van der Waals surface area contributed by atoms with Gasteiger partial charge in [0, 0.05) is 16.5 Å². The van der Waals surface area contributed by atoms with Crippen LogP contribution in [0.25, 0.3) is 0 Å². The number of benzene rings is 2. The number of aryl methyl sites for hydroxylation is 3. The van der Waals surface area contributed by atoms with Crippen molar-refractivity contribution in [2.75, 3.05) is 0 Å². The summed E-state index contributed by atoms with van der Waals surface area (Å²) in [7, 11) is 0. The largest absolute Gasteiger partial charge is 0.488 e. The zero-order valence-electron chi connectivity index (χ0n) is 12.0. The fourth-order valence-electron chi connectivity index (χ4n) is 2.26. The lowest BCUT2D eigenvalue weighted by Gasteiger charge is -2.14. The van der Waals surface area contributed by atoms with E-state index in [9.17, 15) is 0 Å². The predicted molar refractivity (Wildman–Crippen MR) is 86.0 cm³/mol. The van der Waals surface area contributed by atoms with Gasteiger partial charge in [0.15, 0.2) is 0 Å². The first-order valence-electron chi connectivity index (χ1n) is 6.55. The summed E-state index contributed by atoms with van der Waals surface area (Å²) in [4.78, 5) is 0. The number of ether oxygens (including phenoxy) is 1. The summed E-state index contributed by atoms with van der Waals surface area (Å²) >= 11 is 12.1. The van der Waals surface area contributed by atoms with Crippen molar-refractivity contribution >= 4 is 23.2 Å². The molecule has 0 aliphatic heterocycles. The summed E-state index contributed by atoms with van der Waals surface area (Å²) in [5, 5.41) is 0.748. The van der Waals surface area contributed by atoms with Gasteiger partial charge < -0.3 is 4.74 Å². The Hall–Kier alpha value is -1.18. The molecular weight excluding hydrogens is 291 g/mol. The Kier molecular flexibility index (Phi) is 4.95. The molecule has 106 valence electrons. The van der Waals surface area contributed by atoms with Crippen LogP contribution in [0.15, 0.2) is 30.3 Å². The molecule has 2 aromatic rings. The number of hydrogen-bond donors (Lipinski definition) is 0. The van der Waals surface area contributed by atoms with Gasteiger partial charge in [-0.15, -0.1) is 11.6 Å². The standard InChI is InChI=1S/C17H18Cl2O/c1-11-4-5-15(16(19)6-11)10-20-17-12(2)7-14(9-18)8-13(17)3/h4-8H,9-10H2,1-3H3. The Balaban J connectivity index is 2.19. The van der Waals surface area contributed by atoms with Crippen molar-refractivity contribution in [2.24, 2.45) is 0 Å². The molecule has 0 heterocycles. The maximum absolute atomic E-state index is 6.23. The Bertz CT molecular complexity index is 597. The van der Waals surface area contributed by atoms with Crippen LogP contribution in [-0.4, -0.2) is 0 Å². The van der Waals surface area contributed by atoms with Gasteiger partial charge in [0.25, 0.3) is 0 Å². The Morgan fingerprint density at radius 1 is 1.00 bits per heavy atom. The van der Waals surface area contributed by atoms with Crippen molar-refractivity contribution < 1.29 is 4.74 Å². The molecule has 2 aromatic carbocycles. The van der Waals surface area contributed by atoms with Crippen LogP contribution >= 0.6 is 23.2 Å². The first kappa shape index (κ1) is 15.2. The van der Waals surface area contributed by atoms with Gasteiger partial charge in [0.2, 0.25) is 0 Å². The minimum Gasteiger partial charge on any atom is -0.488 e. The highest BCUT2D eigenvalue weighted by molar-refractivity contribution is 6.31. The topological polar surface area (TPSA) is 9.23 Å². The molecular formula is C17H18Cl2O. The average Bonchev–Trinajstić information content (AvgIpc) is 2.39. The third-order valence-electron chi connectivity index (χ3n) is 3.25. The van der Waals surface area contributed by atoms with E-state index in [0.29, 0.717) is 12.5 Å². The summed E-state index contributed by atoms with van der Waals surface area (Å²) in [5.74, 6) is 1.43. The summed E-state index contributed by atoms with van der Waals surface area (Å²) in [5.41, 5.74) is 5.46. The van der Waals surface area contributed by atoms with E-state index in [1.165, 1.54) is 0 Å². The van der Waals surface area contributed by atoms with Gasteiger partial charge in [-0.3, -0.25) is 0 Å². The third-order valence-corrected chi connectivity index (χ3v) is 3.92. The Labute approximate surface area is 130 Å². The molecule has 3 heteroatoms. The van der Waals surface area contributed by atoms with Crippen molar-refractivity contribution in [3.63, 3.8) is 0 Å². The van der Waals surface area contributed by atoms with Crippen LogP contribution in [0.3, 0.4) is 0 Å². The van der Waals surface area contributed by atoms with E-state index in [4.69, 9.17) is 27.9 Å². The van der Waals surface area contributed by atoms with Crippen molar-refractivity contribution in [1.29, 1.82) is 0 Å². The summed E-state index contributed by atoms with van der Waals surface area (Å²) in [6.45, 7) is 6.57. The van der Waals surface area contributed by atoms with Gasteiger partial charge in [-0.25, -0.2) is 0 Å². The van der Waals surface area contributed by atoms with E-state index in [1.54, 1.807) is 0 Å². The maximum Gasteiger partial charge on any atom is 0.125 e. The van der Waals surface area contributed by atoms with Crippen molar-refractivity contribution in [3.05, 3.63) is 63.2 Å². The highest BCUT2D eigenvalue weighted by Crippen LogP contribution is 2.27. The van der Waals surface area contributed by atoms with Crippen LogP contribution in [0, 0.1) is 20.8 Å². The Morgan fingerprint density at radius 3 is 2.20 bits per heavy atom.